The molecule has 2 aromatic carbocycles. The maximum absolute atomic E-state index is 11.5. The maximum atomic E-state index is 11.5. The first kappa shape index (κ1) is 19.7. The largest absolute Gasteiger partial charge is 0.493 e. The molecule has 0 aliphatic carbocycles. The van der Waals surface area contributed by atoms with Gasteiger partial charge < -0.3 is 14.6 Å². The van der Waals surface area contributed by atoms with Crippen molar-refractivity contribution < 1.29 is 9.53 Å². The summed E-state index contributed by atoms with van der Waals surface area (Å²) in [6, 6.07) is 16.2. The van der Waals surface area contributed by atoms with Crippen LogP contribution in [0.15, 0.2) is 61.2 Å². The fourth-order valence-electron chi connectivity index (χ4n) is 3.24. The van der Waals surface area contributed by atoms with Crippen molar-refractivity contribution in [3.63, 3.8) is 0 Å². The Morgan fingerprint density at radius 3 is 2.75 bits per heavy atom. The van der Waals surface area contributed by atoms with Gasteiger partial charge in [0.2, 0.25) is 5.91 Å². The normalized spacial score (nSPS) is 11.0. The smallest absolute Gasteiger partial charge is 0.243 e. The van der Waals surface area contributed by atoms with E-state index >= 15 is 0 Å². The van der Waals surface area contributed by atoms with E-state index in [9.17, 15) is 4.79 Å². The van der Waals surface area contributed by atoms with Gasteiger partial charge >= 0.3 is 0 Å². The summed E-state index contributed by atoms with van der Waals surface area (Å²) in [6.45, 7) is 9.59. The molecule has 0 unspecified atom stereocenters. The number of hydrogen-bond acceptors (Lipinski definition) is 3. The zero-order valence-corrected chi connectivity index (χ0v) is 16.5. The van der Waals surface area contributed by atoms with Gasteiger partial charge in [-0.1, -0.05) is 50.8 Å². The van der Waals surface area contributed by atoms with E-state index < -0.39 is 0 Å². The van der Waals surface area contributed by atoms with E-state index in [4.69, 9.17) is 4.74 Å². The summed E-state index contributed by atoms with van der Waals surface area (Å²) in [5.74, 6) is 2.01. The first-order valence-corrected chi connectivity index (χ1v) is 9.66. The molecule has 5 nitrogen and oxygen atoms in total. The number of imidazole rings is 1. The number of para-hydroxylation sites is 3. The highest BCUT2D eigenvalue weighted by Crippen LogP contribution is 2.26. The second-order valence-electron chi connectivity index (χ2n) is 6.98. The molecule has 1 amide bonds. The Morgan fingerprint density at radius 1 is 1.21 bits per heavy atom. The van der Waals surface area contributed by atoms with Crippen molar-refractivity contribution in [2.45, 2.75) is 39.3 Å². The van der Waals surface area contributed by atoms with E-state index in [-0.39, 0.29) is 5.91 Å². The Labute approximate surface area is 166 Å². The van der Waals surface area contributed by atoms with Crippen LogP contribution in [0.5, 0.6) is 5.75 Å². The molecule has 1 heterocycles. The minimum Gasteiger partial charge on any atom is -0.493 e. The van der Waals surface area contributed by atoms with Crippen LogP contribution in [-0.2, 0) is 17.9 Å². The van der Waals surface area contributed by atoms with Crippen molar-refractivity contribution >= 4 is 16.9 Å². The number of ether oxygens (including phenoxy) is 1. The van der Waals surface area contributed by atoms with Crippen molar-refractivity contribution in [3.05, 3.63) is 72.6 Å². The zero-order valence-electron chi connectivity index (χ0n) is 16.5. The van der Waals surface area contributed by atoms with Crippen LogP contribution in [0.3, 0.4) is 0 Å². The van der Waals surface area contributed by atoms with Crippen molar-refractivity contribution in [1.82, 2.24) is 14.9 Å². The van der Waals surface area contributed by atoms with Crippen molar-refractivity contribution in [1.29, 1.82) is 0 Å². The molecule has 0 aliphatic heterocycles. The second kappa shape index (κ2) is 9.22. The molecule has 0 bridgehead atoms. The summed E-state index contributed by atoms with van der Waals surface area (Å²) in [4.78, 5) is 16.2. The first-order valence-electron chi connectivity index (χ1n) is 9.66. The molecule has 5 heteroatoms. The topological polar surface area (TPSA) is 56.2 Å². The van der Waals surface area contributed by atoms with Gasteiger partial charge in [-0.05, 0) is 42.2 Å². The van der Waals surface area contributed by atoms with Gasteiger partial charge in [0.25, 0.3) is 0 Å². The molecule has 1 aromatic heterocycles. The molecule has 28 heavy (non-hydrogen) atoms. The lowest BCUT2D eigenvalue weighted by molar-refractivity contribution is -0.116. The Kier molecular flexibility index (Phi) is 6.48. The third-order valence-electron chi connectivity index (χ3n) is 4.66. The highest BCUT2D eigenvalue weighted by molar-refractivity contribution is 5.86. The number of carbonyl (C=O) groups is 1. The predicted molar refractivity (Wildman–Crippen MR) is 112 cm³/mol. The number of rotatable bonds is 9. The van der Waals surface area contributed by atoms with Gasteiger partial charge in [0.05, 0.1) is 24.2 Å². The minimum absolute atomic E-state index is 0.202. The lowest BCUT2D eigenvalue weighted by atomic mass is 10.0. The fourth-order valence-corrected chi connectivity index (χ4v) is 3.24. The Bertz CT molecular complexity index is 959. The molecule has 0 atom stereocenters. The van der Waals surface area contributed by atoms with Crippen LogP contribution in [0.2, 0.25) is 0 Å². The average Bonchev–Trinajstić information content (AvgIpc) is 3.07. The van der Waals surface area contributed by atoms with Gasteiger partial charge in [0, 0.05) is 6.54 Å². The lowest BCUT2D eigenvalue weighted by Crippen LogP contribution is -2.22. The number of nitrogens with one attached hydrogen (secondary N) is 1. The van der Waals surface area contributed by atoms with Gasteiger partial charge in [-0.15, -0.1) is 0 Å². The average molecular weight is 377 g/mol. The third kappa shape index (κ3) is 4.60. The van der Waals surface area contributed by atoms with Gasteiger partial charge in [0.15, 0.2) is 0 Å². The molecular weight excluding hydrogens is 350 g/mol. The Balaban J connectivity index is 1.68. The summed E-state index contributed by atoms with van der Waals surface area (Å²) in [6.07, 6.45) is 2.11. The summed E-state index contributed by atoms with van der Waals surface area (Å²) in [5.41, 5.74) is 3.22. The van der Waals surface area contributed by atoms with Crippen LogP contribution >= 0.6 is 0 Å². The van der Waals surface area contributed by atoms with Crippen LogP contribution in [0.4, 0.5) is 0 Å². The second-order valence-corrected chi connectivity index (χ2v) is 6.98. The summed E-state index contributed by atoms with van der Waals surface area (Å²) >= 11 is 0. The van der Waals surface area contributed by atoms with Crippen LogP contribution < -0.4 is 10.1 Å². The van der Waals surface area contributed by atoms with Gasteiger partial charge in [-0.25, -0.2) is 4.98 Å². The number of fused-ring (bicyclic) bond motifs is 1. The molecule has 3 rings (SSSR count). The quantitative estimate of drug-likeness (QED) is 0.443. The molecule has 0 saturated carbocycles. The molecular formula is C23H27N3O2. The summed E-state index contributed by atoms with van der Waals surface area (Å²) in [7, 11) is 0. The Hall–Kier alpha value is -3.08. The van der Waals surface area contributed by atoms with E-state index in [1.165, 1.54) is 11.6 Å². The highest BCUT2D eigenvalue weighted by atomic mass is 16.5. The number of amides is 1. The third-order valence-corrected chi connectivity index (χ3v) is 4.66. The minimum atomic E-state index is -0.202. The maximum Gasteiger partial charge on any atom is 0.243 e. The van der Waals surface area contributed by atoms with Crippen LogP contribution in [0.1, 0.15) is 37.6 Å². The highest BCUT2D eigenvalue weighted by Gasteiger charge is 2.11. The molecule has 0 aliphatic rings. The number of carbonyl (C=O) groups excluding carboxylic acids is 1. The fraction of sp³-hybridized carbons (Fsp3) is 0.304. The standard InChI is InChI=1S/C23H27N3O2/c1-4-23(27)24-16-22-25-19-11-6-7-12-20(19)26(22)14-9-15-28-21-13-8-5-10-18(21)17(2)3/h4-8,10-13,17H,1,9,14-16H2,2-3H3,(H,24,27). The van der Waals surface area contributed by atoms with E-state index in [1.807, 2.05) is 36.4 Å². The number of benzene rings is 2. The Morgan fingerprint density at radius 2 is 1.96 bits per heavy atom. The number of nitrogens with zero attached hydrogens (tertiary/aromatic N) is 2. The van der Waals surface area contributed by atoms with Crippen LogP contribution in [0, 0.1) is 0 Å². The van der Waals surface area contributed by atoms with Gasteiger partial charge in [-0.3, -0.25) is 4.79 Å². The predicted octanol–water partition coefficient (Wildman–Crippen LogP) is 4.43. The van der Waals surface area contributed by atoms with E-state index in [0.29, 0.717) is 19.1 Å². The lowest BCUT2D eigenvalue weighted by Gasteiger charge is -2.14. The van der Waals surface area contributed by atoms with E-state index in [0.717, 1.165) is 35.6 Å². The molecule has 3 aromatic rings. The SMILES string of the molecule is C=CC(=O)NCc1nc2ccccc2n1CCCOc1ccccc1C(C)C. The van der Waals surface area contributed by atoms with E-state index in [2.05, 4.69) is 47.4 Å². The first-order chi connectivity index (χ1) is 13.6. The van der Waals surface area contributed by atoms with Crippen molar-refractivity contribution in [2.75, 3.05) is 6.61 Å². The van der Waals surface area contributed by atoms with E-state index in [1.54, 1.807) is 0 Å². The molecule has 0 saturated heterocycles. The van der Waals surface area contributed by atoms with Gasteiger partial charge in [-0.2, -0.15) is 0 Å². The van der Waals surface area contributed by atoms with Crippen LogP contribution in [0.25, 0.3) is 11.0 Å². The zero-order chi connectivity index (χ0) is 19.9. The number of aromatic nitrogens is 2. The molecule has 0 spiro atoms. The molecule has 0 radical (unpaired) electrons. The van der Waals surface area contributed by atoms with Gasteiger partial charge in [0.1, 0.15) is 11.6 Å². The number of aryl methyl sites for hydroxylation is 1. The van der Waals surface area contributed by atoms with Crippen molar-refractivity contribution in [3.8, 4) is 5.75 Å². The summed E-state index contributed by atoms with van der Waals surface area (Å²) < 4.78 is 8.20. The molecule has 1 N–H and O–H groups in total. The molecule has 0 fully saturated rings. The molecule has 146 valence electrons. The summed E-state index contributed by atoms with van der Waals surface area (Å²) in [5, 5.41) is 2.81. The number of hydrogen-bond donors (Lipinski definition) is 1. The van der Waals surface area contributed by atoms with Crippen LogP contribution in [-0.4, -0.2) is 22.1 Å². The van der Waals surface area contributed by atoms with Crippen molar-refractivity contribution in [2.24, 2.45) is 0 Å². The monoisotopic (exact) mass is 377 g/mol.